The summed E-state index contributed by atoms with van der Waals surface area (Å²) < 4.78 is 1.05. The van der Waals surface area contributed by atoms with Gasteiger partial charge in [0.15, 0.2) is 0 Å². The Kier molecular flexibility index (Phi) is 11.1. The molecule has 1 aromatic carbocycles. The highest BCUT2D eigenvalue weighted by Crippen LogP contribution is 2.27. The van der Waals surface area contributed by atoms with Crippen molar-refractivity contribution in [2.45, 2.75) is 64.5 Å². The quantitative estimate of drug-likeness (QED) is 0.224. The first-order chi connectivity index (χ1) is 18.6. The molecule has 212 valence electrons. The van der Waals surface area contributed by atoms with Crippen molar-refractivity contribution in [3.05, 3.63) is 53.1 Å². The van der Waals surface area contributed by atoms with Crippen molar-refractivity contribution in [1.82, 2.24) is 31.2 Å². The Morgan fingerprint density at radius 3 is 2.46 bits per heavy atom. The van der Waals surface area contributed by atoms with Crippen LogP contribution in [0.2, 0.25) is 0 Å². The molecule has 39 heavy (non-hydrogen) atoms. The lowest BCUT2D eigenvalue weighted by molar-refractivity contribution is -0.124. The zero-order chi connectivity index (χ0) is 28.5. The van der Waals surface area contributed by atoms with Gasteiger partial charge in [0, 0.05) is 32.1 Å². The summed E-state index contributed by atoms with van der Waals surface area (Å²) in [5, 5.41) is 11.9. The number of nitrogens with one attached hydrogen (secondary N) is 4. The highest BCUT2D eigenvalue weighted by molar-refractivity contribution is 7.18. The summed E-state index contributed by atoms with van der Waals surface area (Å²) in [5.41, 5.74) is 3.36. The monoisotopic (exact) mass is 554 g/mol. The molecule has 9 nitrogen and oxygen atoms in total. The maximum Gasteiger partial charge on any atom is 0.315 e. The summed E-state index contributed by atoms with van der Waals surface area (Å²) in [6.07, 6.45) is 3.14. The van der Waals surface area contributed by atoms with Crippen molar-refractivity contribution in [2.75, 3.05) is 33.2 Å². The molecule has 10 heteroatoms. The summed E-state index contributed by atoms with van der Waals surface area (Å²) >= 11 is 1.52. The molecule has 1 aliphatic heterocycles. The molecule has 0 bridgehead atoms. The van der Waals surface area contributed by atoms with Crippen molar-refractivity contribution < 1.29 is 14.4 Å². The number of urea groups is 1. The fourth-order valence-electron chi connectivity index (χ4n) is 4.47. The van der Waals surface area contributed by atoms with E-state index in [0.29, 0.717) is 24.5 Å². The molecule has 1 aliphatic rings. The van der Waals surface area contributed by atoms with Gasteiger partial charge in [-0.3, -0.25) is 14.5 Å². The SMILES string of the molecule is C=C(CN1CCCC1)C(=O)NC[C@@H](NC(=O)[C@H](Cc1nc2ccc(C(C)C)cc2s1)NC(=O)NC)C(=C)CC. The van der Waals surface area contributed by atoms with Crippen molar-refractivity contribution in [1.29, 1.82) is 0 Å². The number of thiazole rings is 1. The van der Waals surface area contributed by atoms with Gasteiger partial charge in [-0.25, -0.2) is 9.78 Å². The number of hydrogen-bond acceptors (Lipinski definition) is 6. The molecule has 1 aromatic heterocycles. The van der Waals surface area contributed by atoms with Crippen molar-refractivity contribution in [3.63, 3.8) is 0 Å². The van der Waals surface area contributed by atoms with Gasteiger partial charge in [-0.15, -0.1) is 11.3 Å². The Morgan fingerprint density at radius 1 is 1.10 bits per heavy atom. The van der Waals surface area contributed by atoms with Crippen LogP contribution >= 0.6 is 11.3 Å². The van der Waals surface area contributed by atoms with Gasteiger partial charge in [-0.1, -0.05) is 45.6 Å². The van der Waals surface area contributed by atoms with Crippen LogP contribution in [0.25, 0.3) is 10.2 Å². The van der Waals surface area contributed by atoms with Crippen molar-refractivity contribution in [3.8, 4) is 0 Å². The zero-order valence-electron chi connectivity index (χ0n) is 23.6. The Balaban J connectivity index is 1.69. The topological polar surface area (TPSA) is 115 Å². The van der Waals surface area contributed by atoms with E-state index in [4.69, 9.17) is 4.98 Å². The smallest absolute Gasteiger partial charge is 0.315 e. The molecule has 0 unspecified atom stereocenters. The van der Waals surface area contributed by atoms with Crippen LogP contribution in [0, 0.1) is 0 Å². The predicted octanol–water partition coefficient (Wildman–Crippen LogP) is 3.48. The number of hydrogen-bond donors (Lipinski definition) is 4. The summed E-state index contributed by atoms with van der Waals surface area (Å²) in [5.74, 6) is -0.208. The van der Waals surface area contributed by atoms with Gasteiger partial charge < -0.3 is 21.3 Å². The van der Waals surface area contributed by atoms with E-state index in [9.17, 15) is 14.4 Å². The van der Waals surface area contributed by atoms with E-state index < -0.39 is 18.1 Å². The lowest BCUT2D eigenvalue weighted by Crippen LogP contribution is -2.54. The number of nitrogens with zero attached hydrogens (tertiary/aromatic N) is 2. The molecule has 4 amide bonds. The van der Waals surface area contributed by atoms with Crippen LogP contribution in [0.4, 0.5) is 4.79 Å². The predicted molar refractivity (Wildman–Crippen MR) is 158 cm³/mol. The van der Waals surface area contributed by atoms with Crippen LogP contribution in [0.15, 0.2) is 42.5 Å². The molecular weight excluding hydrogens is 512 g/mol. The standard InChI is InChI=1S/C29H42N6O3S/c1-7-19(4)24(16-31-27(36)20(5)17-35-12-8-9-13-35)33-28(37)23(34-29(38)30-6)15-26-32-22-11-10-21(18(2)3)14-25(22)39-26/h10-11,14,18,23-24H,4-5,7-9,12-13,15-17H2,1-3,6H3,(H,31,36)(H,33,37)(H2,30,34,38)/t23-,24+/m0/s1. The minimum atomic E-state index is -0.858. The normalized spacial score (nSPS) is 15.1. The van der Waals surface area contributed by atoms with E-state index in [1.54, 1.807) is 0 Å². The molecule has 2 aromatic rings. The maximum atomic E-state index is 13.4. The highest BCUT2D eigenvalue weighted by atomic mass is 32.1. The van der Waals surface area contributed by atoms with Gasteiger partial charge in [0.1, 0.15) is 6.04 Å². The van der Waals surface area contributed by atoms with Gasteiger partial charge in [-0.05, 0) is 56.0 Å². The van der Waals surface area contributed by atoms with E-state index in [1.807, 2.05) is 13.0 Å². The summed E-state index contributed by atoms with van der Waals surface area (Å²) in [4.78, 5) is 45.3. The number of carbonyl (C=O) groups excluding carboxylic acids is 3. The van der Waals surface area contributed by atoms with E-state index in [2.05, 4.69) is 65.3 Å². The summed E-state index contributed by atoms with van der Waals surface area (Å²) in [6, 6.07) is 4.37. The van der Waals surface area contributed by atoms with Gasteiger partial charge in [-0.2, -0.15) is 0 Å². The maximum absolute atomic E-state index is 13.4. The first-order valence-corrected chi connectivity index (χ1v) is 14.5. The molecule has 0 aliphatic carbocycles. The number of carbonyl (C=O) groups is 3. The van der Waals surface area contributed by atoms with Crippen LogP contribution in [0.3, 0.4) is 0 Å². The van der Waals surface area contributed by atoms with Crippen LogP contribution in [-0.4, -0.2) is 73.0 Å². The minimum absolute atomic E-state index is 0.183. The lowest BCUT2D eigenvalue weighted by atomic mass is 10.0. The average Bonchev–Trinajstić information content (AvgIpc) is 3.58. The third-order valence-electron chi connectivity index (χ3n) is 7.02. The highest BCUT2D eigenvalue weighted by Gasteiger charge is 2.26. The van der Waals surface area contributed by atoms with E-state index in [1.165, 1.54) is 23.9 Å². The second-order valence-electron chi connectivity index (χ2n) is 10.3. The second-order valence-corrected chi connectivity index (χ2v) is 11.5. The number of fused-ring (bicyclic) bond motifs is 1. The van der Waals surface area contributed by atoms with Crippen molar-refractivity contribution >= 4 is 39.4 Å². The van der Waals surface area contributed by atoms with Crippen molar-refractivity contribution in [2.24, 2.45) is 0 Å². The van der Waals surface area contributed by atoms with Crippen LogP contribution in [-0.2, 0) is 16.0 Å². The van der Waals surface area contributed by atoms with Gasteiger partial charge in [0.05, 0.1) is 21.3 Å². The molecule has 0 saturated carbocycles. The minimum Gasteiger partial charge on any atom is -0.350 e. The Labute approximate surface area is 235 Å². The Bertz CT molecular complexity index is 1200. The van der Waals surface area contributed by atoms with E-state index in [0.717, 1.165) is 46.7 Å². The van der Waals surface area contributed by atoms with Gasteiger partial charge in [0.25, 0.3) is 0 Å². The first kappa shape index (κ1) is 30.3. The molecule has 2 atom stereocenters. The molecule has 4 N–H and O–H groups in total. The van der Waals surface area contributed by atoms with E-state index >= 15 is 0 Å². The lowest BCUT2D eigenvalue weighted by Gasteiger charge is -2.25. The fourth-order valence-corrected chi connectivity index (χ4v) is 5.53. The first-order valence-electron chi connectivity index (χ1n) is 13.6. The molecule has 1 fully saturated rings. The number of likely N-dealkylation sites (tertiary alicyclic amines) is 1. The van der Waals surface area contributed by atoms with E-state index in [-0.39, 0.29) is 24.8 Å². The average molecular weight is 555 g/mol. The van der Waals surface area contributed by atoms with Crippen LogP contribution in [0.1, 0.15) is 56.5 Å². The van der Waals surface area contributed by atoms with Gasteiger partial charge >= 0.3 is 6.03 Å². The molecular formula is C29H42N6O3S. The Hall–Kier alpha value is -3.24. The number of benzene rings is 1. The third-order valence-corrected chi connectivity index (χ3v) is 8.06. The second kappa shape index (κ2) is 14.2. The molecule has 3 rings (SSSR count). The molecule has 0 spiro atoms. The molecule has 0 radical (unpaired) electrons. The third kappa shape index (κ3) is 8.63. The van der Waals surface area contributed by atoms with Crippen LogP contribution < -0.4 is 21.3 Å². The number of rotatable bonds is 13. The van der Waals surface area contributed by atoms with Gasteiger partial charge in [0.2, 0.25) is 11.8 Å². The number of aromatic nitrogens is 1. The summed E-state index contributed by atoms with van der Waals surface area (Å²) in [6.45, 7) is 17.0. The van der Waals surface area contributed by atoms with Crippen LogP contribution in [0.5, 0.6) is 0 Å². The molecule has 2 heterocycles. The molecule has 1 saturated heterocycles. The number of amides is 4. The summed E-state index contributed by atoms with van der Waals surface area (Å²) in [7, 11) is 1.50. The fraction of sp³-hybridized carbons (Fsp3) is 0.517. The largest absolute Gasteiger partial charge is 0.350 e. The zero-order valence-corrected chi connectivity index (χ0v) is 24.4. The Morgan fingerprint density at radius 2 is 1.82 bits per heavy atom.